The number of pyridine rings is 1. The molecule has 1 aliphatic rings. The first-order valence-electron chi connectivity index (χ1n) is 8.79. The summed E-state index contributed by atoms with van der Waals surface area (Å²) in [5.74, 6) is -2.99. The summed E-state index contributed by atoms with van der Waals surface area (Å²) in [4.78, 5) is 16.3. The molecule has 0 radical (unpaired) electrons. The number of rotatable bonds is 4. The van der Waals surface area contributed by atoms with E-state index in [9.17, 15) is 18.0 Å². The van der Waals surface area contributed by atoms with Gasteiger partial charge in [-0.25, -0.2) is 0 Å². The zero-order chi connectivity index (χ0) is 18.6. The molecule has 0 spiro atoms. The lowest BCUT2D eigenvalue weighted by Crippen LogP contribution is -2.42. The van der Waals surface area contributed by atoms with E-state index in [0.29, 0.717) is 19.3 Å². The normalized spacial score (nSPS) is 20.6. The van der Waals surface area contributed by atoms with Gasteiger partial charge in [-0.2, -0.15) is 13.2 Å². The van der Waals surface area contributed by atoms with Crippen LogP contribution in [0.3, 0.4) is 0 Å². The van der Waals surface area contributed by atoms with Gasteiger partial charge >= 0.3 is 6.18 Å². The van der Waals surface area contributed by atoms with Gasteiger partial charge < -0.3 is 5.32 Å². The molecule has 1 fully saturated rings. The summed E-state index contributed by atoms with van der Waals surface area (Å²) in [5, 5.41) is 2.68. The lowest BCUT2D eigenvalue weighted by Gasteiger charge is -2.32. The van der Waals surface area contributed by atoms with Gasteiger partial charge in [0.2, 0.25) is 5.91 Å². The highest BCUT2D eigenvalue weighted by Gasteiger charge is 2.47. The van der Waals surface area contributed by atoms with E-state index < -0.39 is 23.9 Å². The van der Waals surface area contributed by atoms with E-state index in [1.54, 1.807) is 12.4 Å². The van der Waals surface area contributed by atoms with Crippen molar-refractivity contribution in [2.45, 2.75) is 38.4 Å². The van der Waals surface area contributed by atoms with Gasteiger partial charge in [0.05, 0.1) is 5.92 Å². The van der Waals surface area contributed by atoms with Crippen LogP contribution in [0.1, 0.15) is 31.2 Å². The number of amides is 1. The molecule has 0 saturated heterocycles. The Labute approximate surface area is 150 Å². The molecule has 6 heteroatoms. The third-order valence-corrected chi connectivity index (χ3v) is 4.96. The van der Waals surface area contributed by atoms with Crippen LogP contribution in [0.25, 0.3) is 11.1 Å². The van der Waals surface area contributed by atoms with Crippen molar-refractivity contribution in [2.24, 2.45) is 11.8 Å². The first-order chi connectivity index (χ1) is 12.4. The van der Waals surface area contributed by atoms with Crippen LogP contribution < -0.4 is 5.32 Å². The molecule has 1 amide bonds. The first-order valence-corrected chi connectivity index (χ1v) is 8.79. The number of carbonyl (C=O) groups is 1. The van der Waals surface area contributed by atoms with Crippen LogP contribution in [0.15, 0.2) is 48.8 Å². The van der Waals surface area contributed by atoms with Gasteiger partial charge in [0, 0.05) is 24.9 Å². The molecule has 1 N–H and O–H groups in total. The summed E-state index contributed by atoms with van der Waals surface area (Å²) < 4.78 is 39.4. The van der Waals surface area contributed by atoms with Gasteiger partial charge in [-0.3, -0.25) is 9.78 Å². The third kappa shape index (κ3) is 4.42. The summed E-state index contributed by atoms with van der Waals surface area (Å²) in [7, 11) is 0. The number of nitrogens with zero attached hydrogens (tertiary/aromatic N) is 1. The molecule has 1 saturated carbocycles. The van der Waals surface area contributed by atoms with Gasteiger partial charge in [0.15, 0.2) is 0 Å². The fraction of sp³-hybridized carbons (Fsp3) is 0.400. The van der Waals surface area contributed by atoms with Crippen molar-refractivity contribution in [1.29, 1.82) is 0 Å². The van der Waals surface area contributed by atoms with Crippen molar-refractivity contribution in [2.75, 3.05) is 0 Å². The number of aromatic nitrogens is 1. The summed E-state index contributed by atoms with van der Waals surface area (Å²) >= 11 is 0. The Bertz CT molecular complexity index is 729. The summed E-state index contributed by atoms with van der Waals surface area (Å²) in [6.45, 7) is 0.233. The molecule has 0 aliphatic heterocycles. The van der Waals surface area contributed by atoms with Crippen molar-refractivity contribution in [3.05, 3.63) is 54.4 Å². The quantitative estimate of drug-likeness (QED) is 0.854. The molecule has 2 aromatic rings. The standard InChI is InChI=1S/C20H21F3N2O/c21-20(22,23)18-4-2-1-3-17(18)19(26)25-13-14-5-7-15(8-6-14)16-9-11-24-12-10-16/h5-12,17-18H,1-4,13H2,(H,25,26)/t17-,18-/m1/s1. The number of hydrogen-bond donors (Lipinski definition) is 1. The monoisotopic (exact) mass is 362 g/mol. The van der Waals surface area contributed by atoms with Gasteiger partial charge in [0.1, 0.15) is 0 Å². The SMILES string of the molecule is O=C(NCc1ccc(-c2ccncc2)cc1)[C@@H]1CCCC[C@H]1C(F)(F)F. The second-order valence-corrected chi connectivity index (χ2v) is 6.69. The summed E-state index contributed by atoms with van der Waals surface area (Å²) in [6, 6.07) is 11.4. The highest BCUT2D eigenvalue weighted by Crippen LogP contribution is 2.41. The van der Waals surface area contributed by atoms with Crippen molar-refractivity contribution >= 4 is 5.91 Å². The smallest absolute Gasteiger partial charge is 0.352 e. The van der Waals surface area contributed by atoms with Gasteiger partial charge in [0.25, 0.3) is 0 Å². The average molecular weight is 362 g/mol. The molecule has 3 rings (SSSR count). The largest absolute Gasteiger partial charge is 0.392 e. The highest BCUT2D eigenvalue weighted by atomic mass is 19.4. The fourth-order valence-electron chi connectivity index (χ4n) is 3.52. The second kappa shape index (κ2) is 7.89. The number of nitrogens with one attached hydrogen (secondary N) is 1. The predicted molar refractivity (Wildman–Crippen MR) is 93.0 cm³/mol. The third-order valence-electron chi connectivity index (χ3n) is 4.96. The minimum atomic E-state index is -4.31. The molecule has 138 valence electrons. The first kappa shape index (κ1) is 18.4. The number of carbonyl (C=O) groups excluding carboxylic acids is 1. The van der Waals surface area contributed by atoms with Crippen LogP contribution in [0.5, 0.6) is 0 Å². The Morgan fingerprint density at radius 3 is 2.27 bits per heavy atom. The Morgan fingerprint density at radius 1 is 1.00 bits per heavy atom. The molecule has 1 heterocycles. The number of halogens is 3. The molecular formula is C20H21F3N2O. The number of alkyl halides is 3. The Kier molecular flexibility index (Phi) is 5.59. The Hall–Kier alpha value is -2.37. The Morgan fingerprint density at radius 2 is 1.62 bits per heavy atom. The van der Waals surface area contributed by atoms with E-state index in [-0.39, 0.29) is 13.0 Å². The van der Waals surface area contributed by atoms with Gasteiger partial charge in [-0.1, -0.05) is 37.1 Å². The van der Waals surface area contributed by atoms with E-state index in [1.807, 2.05) is 36.4 Å². The number of hydrogen-bond acceptors (Lipinski definition) is 2. The van der Waals surface area contributed by atoms with E-state index in [0.717, 1.165) is 16.7 Å². The molecule has 26 heavy (non-hydrogen) atoms. The minimum Gasteiger partial charge on any atom is -0.352 e. The topological polar surface area (TPSA) is 42.0 Å². The zero-order valence-corrected chi connectivity index (χ0v) is 14.3. The van der Waals surface area contributed by atoms with E-state index >= 15 is 0 Å². The van der Waals surface area contributed by atoms with Crippen LogP contribution in [0.4, 0.5) is 13.2 Å². The molecule has 1 aliphatic carbocycles. The van der Waals surface area contributed by atoms with Gasteiger partial charge in [-0.05, 0) is 41.7 Å². The van der Waals surface area contributed by atoms with Crippen molar-refractivity contribution in [3.63, 3.8) is 0 Å². The maximum absolute atomic E-state index is 13.1. The average Bonchev–Trinajstić information content (AvgIpc) is 2.66. The molecule has 1 aromatic heterocycles. The predicted octanol–water partition coefficient (Wildman–Crippen LogP) is 4.73. The lowest BCUT2D eigenvalue weighted by atomic mass is 9.78. The second-order valence-electron chi connectivity index (χ2n) is 6.69. The Balaban J connectivity index is 1.60. The van der Waals surface area contributed by atoms with Crippen LogP contribution in [-0.4, -0.2) is 17.1 Å². The van der Waals surface area contributed by atoms with E-state index in [2.05, 4.69) is 10.3 Å². The molecule has 1 aromatic carbocycles. The molecule has 3 nitrogen and oxygen atoms in total. The molecule has 0 bridgehead atoms. The highest BCUT2D eigenvalue weighted by molar-refractivity contribution is 5.79. The minimum absolute atomic E-state index is 0.0439. The van der Waals surface area contributed by atoms with Crippen molar-refractivity contribution in [1.82, 2.24) is 10.3 Å². The van der Waals surface area contributed by atoms with Crippen molar-refractivity contribution < 1.29 is 18.0 Å². The summed E-state index contributed by atoms with van der Waals surface area (Å²) in [6.07, 6.45) is 0.666. The zero-order valence-electron chi connectivity index (χ0n) is 14.3. The summed E-state index contributed by atoms with van der Waals surface area (Å²) in [5.41, 5.74) is 2.91. The fourth-order valence-corrected chi connectivity index (χ4v) is 3.52. The number of benzene rings is 1. The maximum Gasteiger partial charge on any atom is 0.392 e. The molecular weight excluding hydrogens is 341 g/mol. The van der Waals surface area contributed by atoms with Gasteiger partial charge in [-0.15, -0.1) is 0 Å². The molecule has 0 unspecified atom stereocenters. The van der Waals surface area contributed by atoms with E-state index in [4.69, 9.17) is 0 Å². The maximum atomic E-state index is 13.1. The molecule has 2 atom stereocenters. The lowest BCUT2D eigenvalue weighted by molar-refractivity contribution is -0.198. The van der Waals surface area contributed by atoms with E-state index in [1.165, 1.54) is 0 Å². The van der Waals surface area contributed by atoms with Crippen LogP contribution in [0.2, 0.25) is 0 Å². The van der Waals surface area contributed by atoms with Crippen LogP contribution >= 0.6 is 0 Å². The van der Waals surface area contributed by atoms with Crippen LogP contribution in [-0.2, 0) is 11.3 Å². The van der Waals surface area contributed by atoms with Crippen LogP contribution in [0, 0.1) is 11.8 Å². The van der Waals surface area contributed by atoms with Crippen molar-refractivity contribution in [3.8, 4) is 11.1 Å².